The molecule has 1 aromatic rings. The number of ketones is 1. The first-order valence-corrected chi connectivity index (χ1v) is 4.63. The van der Waals surface area contributed by atoms with Gasteiger partial charge in [0.25, 0.3) is 0 Å². The van der Waals surface area contributed by atoms with E-state index in [1.54, 1.807) is 0 Å². The van der Waals surface area contributed by atoms with E-state index in [4.69, 9.17) is 4.52 Å². The zero-order chi connectivity index (χ0) is 10.7. The van der Waals surface area contributed by atoms with Gasteiger partial charge in [-0.2, -0.15) is 0 Å². The normalized spacial score (nSPS) is 10.9. The number of aryl methyl sites for hydroxylation is 1. The van der Waals surface area contributed by atoms with Gasteiger partial charge in [0.1, 0.15) is 0 Å². The highest BCUT2D eigenvalue weighted by Crippen LogP contribution is 2.14. The number of nitrogens with zero attached hydrogens (tertiary/aromatic N) is 2. The summed E-state index contributed by atoms with van der Waals surface area (Å²) in [6.07, 6.45) is 0.803. The number of hydrogen-bond acceptors (Lipinski definition) is 4. The Morgan fingerprint density at radius 3 is 2.64 bits per heavy atom. The summed E-state index contributed by atoms with van der Waals surface area (Å²) in [6, 6.07) is 0. The molecule has 4 heteroatoms. The summed E-state index contributed by atoms with van der Waals surface area (Å²) in [6.45, 7) is 4.25. The van der Waals surface area contributed by atoms with Crippen LogP contribution in [0.15, 0.2) is 4.52 Å². The minimum Gasteiger partial charge on any atom is -0.353 e. The van der Waals surface area contributed by atoms with E-state index >= 15 is 0 Å². The molecule has 14 heavy (non-hydrogen) atoms. The maximum absolute atomic E-state index is 11.2. The average Bonchev–Trinajstić information content (AvgIpc) is 2.43. The molecule has 0 atom stereocenters. The van der Waals surface area contributed by atoms with Gasteiger partial charge in [-0.15, -0.1) is 0 Å². The van der Waals surface area contributed by atoms with Crippen LogP contribution in [0.3, 0.4) is 0 Å². The predicted octanol–water partition coefficient (Wildman–Crippen LogP) is 1.29. The molecule has 0 spiro atoms. The van der Waals surface area contributed by atoms with Crippen LogP contribution in [-0.4, -0.2) is 36.5 Å². The van der Waals surface area contributed by atoms with Gasteiger partial charge in [-0.3, -0.25) is 4.79 Å². The van der Waals surface area contributed by atoms with Crippen LogP contribution < -0.4 is 0 Å². The van der Waals surface area contributed by atoms with Crippen molar-refractivity contribution in [2.24, 2.45) is 0 Å². The molecule has 0 radical (unpaired) electrons. The molecule has 1 heterocycles. The van der Waals surface area contributed by atoms with Gasteiger partial charge < -0.3 is 9.42 Å². The summed E-state index contributed by atoms with van der Waals surface area (Å²) in [5.74, 6) is 0.351. The predicted molar refractivity (Wildman–Crippen MR) is 53.5 cm³/mol. The van der Waals surface area contributed by atoms with Gasteiger partial charge in [-0.05, 0) is 27.4 Å². The summed E-state index contributed by atoms with van der Waals surface area (Å²) in [7, 11) is 3.99. The maximum Gasteiger partial charge on any atom is 0.205 e. The Hall–Kier alpha value is -1.16. The standard InChI is InChI=1S/C10H16N2O2/c1-7-9(5-6-12(3)4)10(8(2)13)14-11-7/h5-6H2,1-4H3. The number of carbonyl (C=O) groups excluding carboxylic acids is 1. The molecule has 0 amide bonds. The van der Waals surface area contributed by atoms with Crippen molar-refractivity contribution in [3.8, 4) is 0 Å². The van der Waals surface area contributed by atoms with E-state index in [-0.39, 0.29) is 5.78 Å². The van der Waals surface area contributed by atoms with Gasteiger partial charge in [0.2, 0.25) is 5.76 Å². The van der Waals surface area contributed by atoms with Crippen LogP contribution in [0.4, 0.5) is 0 Å². The maximum atomic E-state index is 11.2. The van der Waals surface area contributed by atoms with Crippen LogP contribution >= 0.6 is 0 Å². The summed E-state index contributed by atoms with van der Waals surface area (Å²) in [5.41, 5.74) is 1.75. The van der Waals surface area contributed by atoms with Gasteiger partial charge in [-0.1, -0.05) is 5.16 Å². The Kier molecular flexibility index (Phi) is 3.41. The molecular weight excluding hydrogens is 180 g/mol. The molecular formula is C10H16N2O2. The molecule has 0 aliphatic rings. The fourth-order valence-electron chi connectivity index (χ4n) is 1.30. The highest BCUT2D eigenvalue weighted by Gasteiger charge is 2.16. The van der Waals surface area contributed by atoms with Gasteiger partial charge in [0.05, 0.1) is 5.69 Å². The van der Waals surface area contributed by atoms with Gasteiger partial charge in [0.15, 0.2) is 5.78 Å². The number of rotatable bonds is 4. The number of Topliss-reactive ketones (excluding diaryl/α,β-unsaturated/α-hetero) is 1. The van der Waals surface area contributed by atoms with E-state index in [1.807, 2.05) is 21.0 Å². The van der Waals surface area contributed by atoms with Crippen LogP contribution in [0.5, 0.6) is 0 Å². The molecule has 0 bridgehead atoms. The third kappa shape index (κ3) is 2.42. The second-order valence-electron chi connectivity index (χ2n) is 3.69. The van der Waals surface area contributed by atoms with Gasteiger partial charge in [-0.25, -0.2) is 0 Å². The van der Waals surface area contributed by atoms with Crippen LogP contribution in [0.25, 0.3) is 0 Å². The third-order valence-electron chi connectivity index (χ3n) is 2.11. The molecule has 4 nitrogen and oxygen atoms in total. The second-order valence-corrected chi connectivity index (χ2v) is 3.69. The Labute approximate surface area is 83.9 Å². The van der Waals surface area contributed by atoms with Crippen LogP contribution in [0.2, 0.25) is 0 Å². The third-order valence-corrected chi connectivity index (χ3v) is 2.11. The zero-order valence-corrected chi connectivity index (χ0v) is 9.13. The molecule has 0 aliphatic carbocycles. The van der Waals surface area contributed by atoms with Crippen molar-refractivity contribution < 1.29 is 9.32 Å². The first kappa shape index (κ1) is 10.9. The Bertz CT molecular complexity index is 329. The Balaban J connectivity index is 2.83. The smallest absolute Gasteiger partial charge is 0.205 e. The average molecular weight is 196 g/mol. The number of hydrogen-bond donors (Lipinski definition) is 0. The monoisotopic (exact) mass is 196 g/mol. The van der Waals surface area contributed by atoms with Crippen molar-refractivity contribution in [3.63, 3.8) is 0 Å². The van der Waals surface area contributed by atoms with Crippen molar-refractivity contribution in [3.05, 3.63) is 17.0 Å². The first-order chi connectivity index (χ1) is 6.52. The Morgan fingerprint density at radius 2 is 2.14 bits per heavy atom. The second kappa shape index (κ2) is 4.37. The highest BCUT2D eigenvalue weighted by molar-refractivity contribution is 5.92. The highest BCUT2D eigenvalue weighted by atomic mass is 16.5. The van der Waals surface area contributed by atoms with Crippen molar-refractivity contribution in [1.82, 2.24) is 10.1 Å². The molecule has 0 unspecified atom stereocenters. The zero-order valence-electron chi connectivity index (χ0n) is 9.13. The van der Waals surface area contributed by atoms with E-state index in [0.29, 0.717) is 5.76 Å². The lowest BCUT2D eigenvalue weighted by atomic mass is 10.1. The number of aromatic nitrogens is 1. The lowest BCUT2D eigenvalue weighted by Crippen LogP contribution is -2.16. The minimum atomic E-state index is -0.0562. The number of likely N-dealkylation sites (N-methyl/N-ethyl adjacent to an activating group) is 1. The summed E-state index contributed by atoms with van der Waals surface area (Å²) in [5, 5.41) is 3.80. The summed E-state index contributed by atoms with van der Waals surface area (Å²) < 4.78 is 4.97. The fraction of sp³-hybridized carbons (Fsp3) is 0.600. The molecule has 78 valence electrons. The quantitative estimate of drug-likeness (QED) is 0.681. The van der Waals surface area contributed by atoms with Crippen molar-refractivity contribution in [1.29, 1.82) is 0 Å². The van der Waals surface area contributed by atoms with Crippen molar-refractivity contribution >= 4 is 5.78 Å². The molecule has 0 saturated carbocycles. The van der Waals surface area contributed by atoms with E-state index < -0.39 is 0 Å². The number of carbonyl (C=O) groups is 1. The SMILES string of the molecule is CC(=O)c1onc(C)c1CCN(C)C. The topological polar surface area (TPSA) is 46.3 Å². The van der Waals surface area contributed by atoms with E-state index in [2.05, 4.69) is 10.1 Å². The largest absolute Gasteiger partial charge is 0.353 e. The van der Waals surface area contributed by atoms with E-state index in [9.17, 15) is 4.79 Å². The summed E-state index contributed by atoms with van der Waals surface area (Å²) in [4.78, 5) is 13.2. The van der Waals surface area contributed by atoms with Gasteiger partial charge in [0, 0.05) is 19.0 Å². The molecule has 0 fully saturated rings. The van der Waals surface area contributed by atoms with Crippen LogP contribution in [0, 0.1) is 6.92 Å². The van der Waals surface area contributed by atoms with E-state index in [1.165, 1.54) is 6.92 Å². The van der Waals surface area contributed by atoms with Crippen LogP contribution in [-0.2, 0) is 6.42 Å². The summed E-state index contributed by atoms with van der Waals surface area (Å²) >= 11 is 0. The van der Waals surface area contributed by atoms with Crippen molar-refractivity contribution in [2.45, 2.75) is 20.3 Å². The molecule has 1 aromatic heterocycles. The Morgan fingerprint density at radius 1 is 1.50 bits per heavy atom. The molecule has 0 saturated heterocycles. The van der Waals surface area contributed by atoms with E-state index in [0.717, 1.165) is 24.2 Å². The van der Waals surface area contributed by atoms with Gasteiger partial charge >= 0.3 is 0 Å². The fourth-order valence-corrected chi connectivity index (χ4v) is 1.30. The lowest BCUT2D eigenvalue weighted by molar-refractivity contribution is 0.0977. The first-order valence-electron chi connectivity index (χ1n) is 4.63. The van der Waals surface area contributed by atoms with Crippen molar-refractivity contribution in [2.75, 3.05) is 20.6 Å². The minimum absolute atomic E-state index is 0.0562. The molecule has 1 rings (SSSR count). The van der Waals surface area contributed by atoms with Crippen LogP contribution in [0.1, 0.15) is 28.7 Å². The molecule has 0 aliphatic heterocycles. The molecule has 0 aromatic carbocycles. The molecule has 0 N–H and O–H groups in total. The lowest BCUT2D eigenvalue weighted by Gasteiger charge is -2.08.